The quantitative estimate of drug-likeness (QED) is 0.762. The van der Waals surface area contributed by atoms with Crippen LogP contribution in [-0.4, -0.2) is 11.9 Å². The highest BCUT2D eigenvalue weighted by molar-refractivity contribution is 7.10. The highest BCUT2D eigenvalue weighted by Gasteiger charge is 2.07. The van der Waals surface area contributed by atoms with Gasteiger partial charge >= 0.3 is 0 Å². The number of aryl methyl sites for hydroxylation is 1. The van der Waals surface area contributed by atoms with Gasteiger partial charge in [0.1, 0.15) is 0 Å². The number of hydrogen-bond donors (Lipinski definition) is 2. The maximum Gasteiger partial charge on any atom is 0.236 e. The number of carbonyl (C=O) groups excluding carboxylic acids is 1. The number of rotatable bonds is 3. The molecule has 0 saturated carbocycles. The monoisotopic (exact) mass is 198 g/mol. The standard InChI is InChI=1S/C9H14N2OS/c1-6-3-4-13-8(6)5-11-9(12)7(2)10/h3-4,7H,5,10H2,1-2H3,(H,11,12). The average Bonchev–Trinajstić information content (AvgIpc) is 2.47. The predicted molar refractivity (Wildman–Crippen MR) is 54.6 cm³/mol. The summed E-state index contributed by atoms with van der Waals surface area (Å²) < 4.78 is 0. The molecule has 1 amide bonds. The van der Waals surface area contributed by atoms with Crippen molar-refractivity contribution in [3.63, 3.8) is 0 Å². The minimum atomic E-state index is -0.430. The summed E-state index contributed by atoms with van der Waals surface area (Å²) in [5.74, 6) is -0.104. The number of hydrogen-bond acceptors (Lipinski definition) is 3. The van der Waals surface area contributed by atoms with Crippen LogP contribution in [0.15, 0.2) is 11.4 Å². The molecule has 72 valence electrons. The van der Waals surface area contributed by atoms with Gasteiger partial charge in [0, 0.05) is 4.88 Å². The molecule has 0 aliphatic carbocycles. The molecule has 0 radical (unpaired) electrons. The molecule has 1 rings (SSSR count). The molecular formula is C9H14N2OS. The first-order chi connectivity index (χ1) is 6.11. The summed E-state index contributed by atoms with van der Waals surface area (Å²) in [6, 6.07) is 1.61. The zero-order valence-electron chi connectivity index (χ0n) is 7.83. The van der Waals surface area contributed by atoms with Gasteiger partial charge in [-0.15, -0.1) is 11.3 Å². The molecule has 0 fully saturated rings. The maximum absolute atomic E-state index is 11.1. The minimum Gasteiger partial charge on any atom is -0.350 e. The van der Waals surface area contributed by atoms with E-state index in [2.05, 4.69) is 5.32 Å². The Balaban J connectivity index is 2.44. The number of nitrogens with one attached hydrogen (secondary N) is 1. The van der Waals surface area contributed by atoms with Gasteiger partial charge in [-0.1, -0.05) is 0 Å². The molecule has 0 spiro atoms. The van der Waals surface area contributed by atoms with Gasteiger partial charge in [0.15, 0.2) is 0 Å². The van der Waals surface area contributed by atoms with E-state index in [1.165, 1.54) is 10.4 Å². The van der Waals surface area contributed by atoms with Crippen molar-refractivity contribution in [2.24, 2.45) is 5.73 Å². The van der Waals surface area contributed by atoms with Crippen LogP contribution in [0.5, 0.6) is 0 Å². The highest BCUT2D eigenvalue weighted by atomic mass is 32.1. The summed E-state index contributed by atoms with van der Waals surface area (Å²) in [7, 11) is 0. The summed E-state index contributed by atoms with van der Waals surface area (Å²) >= 11 is 1.65. The molecule has 1 unspecified atom stereocenters. The molecule has 0 aromatic carbocycles. The average molecular weight is 198 g/mol. The summed E-state index contributed by atoms with van der Waals surface area (Å²) in [5, 5.41) is 4.79. The predicted octanol–water partition coefficient (Wildman–Crippen LogP) is 1.02. The third kappa shape index (κ3) is 2.82. The number of carbonyl (C=O) groups is 1. The Morgan fingerprint density at radius 2 is 2.46 bits per heavy atom. The third-order valence-corrected chi connectivity index (χ3v) is 2.83. The summed E-state index contributed by atoms with van der Waals surface area (Å²) in [4.78, 5) is 12.3. The van der Waals surface area contributed by atoms with Crippen LogP contribution in [0.25, 0.3) is 0 Å². The van der Waals surface area contributed by atoms with Gasteiger partial charge in [0.25, 0.3) is 0 Å². The van der Waals surface area contributed by atoms with Crippen molar-refractivity contribution in [1.29, 1.82) is 0 Å². The van der Waals surface area contributed by atoms with E-state index in [-0.39, 0.29) is 5.91 Å². The highest BCUT2D eigenvalue weighted by Crippen LogP contribution is 2.14. The fraction of sp³-hybridized carbons (Fsp3) is 0.444. The SMILES string of the molecule is Cc1ccsc1CNC(=O)C(C)N. The lowest BCUT2D eigenvalue weighted by Gasteiger charge is -2.06. The zero-order chi connectivity index (χ0) is 9.84. The van der Waals surface area contributed by atoms with Crippen LogP contribution in [0, 0.1) is 6.92 Å². The van der Waals surface area contributed by atoms with Crippen molar-refractivity contribution < 1.29 is 4.79 Å². The second kappa shape index (κ2) is 4.39. The Labute approximate surface area is 81.9 Å². The Kier molecular flexibility index (Phi) is 3.45. The molecule has 1 aromatic rings. The Morgan fingerprint density at radius 3 is 2.92 bits per heavy atom. The van der Waals surface area contributed by atoms with Crippen LogP contribution in [0.4, 0.5) is 0 Å². The van der Waals surface area contributed by atoms with Crippen molar-refractivity contribution in [3.8, 4) is 0 Å². The summed E-state index contributed by atoms with van der Waals surface area (Å²) in [5.41, 5.74) is 6.62. The lowest BCUT2D eigenvalue weighted by atomic mass is 10.3. The molecular weight excluding hydrogens is 184 g/mol. The maximum atomic E-state index is 11.1. The molecule has 3 N–H and O–H groups in total. The number of nitrogens with two attached hydrogens (primary N) is 1. The van der Waals surface area contributed by atoms with E-state index in [0.29, 0.717) is 6.54 Å². The van der Waals surface area contributed by atoms with E-state index in [1.54, 1.807) is 18.3 Å². The lowest BCUT2D eigenvalue weighted by Crippen LogP contribution is -2.37. The minimum absolute atomic E-state index is 0.104. The molecule has 0 bridgehead atoms. The fourth-order valence-corrected chi connectivity index (χ4v) is 1.76. The second-order valence-electron chi connectivity index (χ2n) is 3.03. The molecule has 1 heterocycles. The van der Waals surface area contributed by atoms with Crippen LogP contribution < -0.4 is 11.1 Å². The molecule has 4 heteroatoms. The van der Waals surface area contributed by atoms with Gasteiger partial charge in [-0.3, -0.25) is 4.79 Å². The largest absolute Gasteiger partial charge is 0.350 e. The van der Waals surface area contributed by atoms with Crippen molar-refractivity contribution in [2.45, 2.75) is 26.4 Å². The number of amides is 1. The van der Waals surface area contributed by atoms with Crippen LogP contribution in [0.2, 0.25) is 0 Å². The molecule has 0 aliphatic heterocycles. The van der Waals surface area contributed by atoms with E-state index in [9.17, 15) is 4.79 Å². The summed E-state index contributed by atoms with van der Waals surface area (Å²) in [6.45, 7) is 4.30. The third-order valence-electron chi connectivity index (χ3n) is 1.80. The van der Waals surface area contributed by atoms with Gasteiger partial charge in [-0.25, -0.2) is 0 Å². The summed E-state index contributed by atoms with van der Waals surface area (Å²) in [6.07, 6.45) is 0. The van der Waals surface area contributed by atoms with E-state index in [1.807, 2.05) is 18.4 Å². The molecule has 0 saturated heterocycles. The van der Waals surface area contributed by atoms with Gasteiger partial charge in [-0.05, 0) is 30.9 Å². The van der Waals surface area contributed by atoms with Crippen molar-refractivity contribution in [2.75, 3.05) is 0 Å². The molecule has 13 heavy (non-hydrogen) atoms. The Hall–Kier alpha value is -0.870. The molecule has 0 aliphatic rings. The van der Waals surface area contributed by atoms with Gasteiger partial charge in [0.05, 0.1) is 12.6 Å². The fourth-order valence-electron chi connectivity index (χ4n) is 0.914. The Bertz CT molecular complexity index is 294. The normalized spacial score (nSPS) is 12.5. The zero-order valence-corrected chi connectivity index (χ0v) is 8.65. The molecule has 1 atom stereocenters. The van der Waals surface area contributed by atoms with Gasteiger partial charge < -0.3 is 11.1 Å². The Morgan fingerprint density at radius 1 is 1.77 bits per heavy atom. The second-order valence-corrected chi connectivity index (χ2v) is 4.03. The van der Waals surface area contributed by atoms with Crippen molar-refractivity contribution >= 4 is 17.2 Å². The molecule has 1 aromatic heterocycles. The van der Waals surface area contributed by atoms with Crippen LogP contribution in [0.1, 0.15) is 17.4 Å². The lowest BCUT2D eigenvalue weighted by molar-refractivity contribution is -0.122. The van der Waals surface area contributed by atoms with Gasteiger partial charge in [0.2, 0.25) is 5.91 Å². The van der Waals surface area contributed by atoms with Crippen LogP contribution in [-0.2, 0) is 11.3 Å². The van der Waals surface area contributed by atoms with Crippen LogP contribution in [0.3, 0.4) is 0 Å². The number of thiophene rings is 1. The first kappa shape index (κ1) is 10.2. The topological polar surface area (TPSA) is 55.1 Å². The first-order valence-electron chi connectivity index (χ1n) is 4.17. The van der Waals surface area contributed by atoms with Crippen LogP contribution >= 0.6 is 11.3 Å². The first-order valence-corrected chi connectivity index (χ1v) is 5.05. The van der Waals surface area contributed by atoms with Gasteiger partial charge in [-0.2, -0.15) is 0 Å². The van der Waals surface area contributed by atoms with E-state index in [0.717, 1.165) is 0 Å². The van der Waals surface area contributed by atoms with E-state index >= 15 is 0 Å². The van der Waals surface area contributed by atoms with Crippen molar-refractivity contribution in [1.82, 2.24) is 5.32 Å². The molecule has 3 nitrogen and oxygen atoms in total. The van der Waals surface area contributed by atoms with E-state index < -0.39 is 6.04 Å². The van der Waals surface area contributed by atoms with Crippen molar-refractivity contribution in [3.05, 3.63) is 21.9 Å². The van der Waals surface area contributed by atoms with E-state index in [4.69, 9.17) is 5.73 Å². The smallest absolute Gasteiger partial charge is 0.236 e.